The number of rotatable bonds is 4. The Morgan fingerprint density at radius 3 is 2.41 bits per heavy atom. The second-order valence-electron chi connectivity index (χ2n) is 6.93. The summed E-state index contributed by atoms with van der Waals surface area (Å²) in [5, 5.41) is 3.18. The Balaban J connectivity index is 1.66. The summed E-state index contributed by atoms with van der Waals surface area (Å²) in [5.74, 6) is 0.951. The minimum Gasteiger partial charge on any atom is -0.340 e. The first kappa shape index (κ1) is 18.9. The van der Waals surface area contributed by atoms with Crippen LogP contribution in [0.2, 0.25) is 0 Å². The van der Waals surface area contributed by atoms with Crippen LogP contribution in [0.25, 0.3) is 11.3 Å². The molecule has 29 heavy (non-hydrogen) atoms. The molecule has 1 aliphatic rings. The average Bonchev–Trinajstić information content (AvgIpc) is 2.74. The minimum atomic E-state index is -0.312. The zero-order valence-electron chi connectivity index (χ0n) is 16.2. The molecular weight excluding hydrogens is 369 g/mol. The number of halogens is 1. The molecule has 4 rings (SSSR count). The van der Waals surface area contributed by atoms with Crippen LogP contribution < -0.4 is 10.2 Å². The Morgan fingerprint density at radius 1 is 0.966 bits per heavy atom. The maximum Gasteiger partial charge on any atom is 0.228 e. The Morgan fingerprint density at radius 2 is 1.72 bits per heavy atom. The molecule has 2 aromatic carbocycles. The molecule has 0 unspecified atom stereocenters. The Kier molecular flexibility index (Phi) is 5.37. The summed E-state index contributed by atoms with van der Waals surface area (Å²) >= 11 is 0. The van der Waals surface area contributed by atoms with Gasteiger partial charge in [-0.15, -0.1) is 0 Å². The van der Waals surface area contributed by atoms with Gasteiger partial charge in [0.15, 0.2) is 0 Å². The molecule has 0 spiro atoms. The minimum absolute atomic E-state index is 0.0806. The molecule has 0 bridgehead atoms. The van der Waals surface area contributed by atoms with Crippen molar-refractivity contribution in [3.05, 3.63) is 66.5 Å². The van der Waals surface area contributed by atoms with Gasteiger partial charge in [-0.05, 0) is 18.2 Å². The normalized spacial score (nSPS) is 14.0. The summed E-state index contributed by atoms with van der Waals surface area (Å²) in [6.45, 7) is 4.19. The topological polar surface area (TPSA) is 61.4 Å². The SMILES string of the molecule is CC(=O)N1CCN(c2nc(Nc3cccc(F)c3)cc(-c3ccccc3)n2)CC1. The third-order valence-electron chi connectivity index (χ3n) is 4.89. The van der Waals surface area contributed by atoms with Gasteiger partial charge in [-0.3, -0.25) is 4.79 Å². The smallest absolute Gasteiger partial charge is 0.228 e. The zero-order valence-corrected chi connectivity index (χ0v) is 16.2. The van der Waals surface area contributed by atoms with Gasteiger partial charge in [0.1, 0.15) is 11.6 Å². The van der Waals surface area contributed by atoms with Crippen LogP contribution >= 0.6 is 0 Å². The fourth-order valence-electron chi connectivity index (χ4n) is 3.33. The van der Waals surface area contributed by atoms with Crippen LogP contribution in [-0.2, 0) is 4.79 Å². The fourth-order valence-corrected chi connectivity index (χ4v) is 3.33. The predicted molar refractivity (Wildman–Crippen MR) is 112 cm³/mol. The van der Waals surface area contributed by atoms with Gasteiger partial charge in [-0.25, -0.2) is 9.37 Å². The molecule has 1 amide bonds. The Hall–Kier alpha value is -3.48. The number of nitrogens with zero attached hydrogens (tertiary/aromatic N) is 4. The highest BCUT2D eigenvalue weighted by Crippen LogP contribution is 2.25. The van der Waals surface area contributed by atoms with Crippen molar-refractivity contribution >= 4 is 23.4 Å². The third-order valence-corrected chi connectivity index (χ3v) is 4.89. The summed E-state index contributed by atoms with van der Waals surface area (Å²) < 4.78 is 13.6. The maximum atomic E-state index is 13.6. The van der Waals surface area contributed by atoms with Crippen molar-refractivity contribution in [3.8, 4) is 11.3 Å². The van der Waals surface area contributed by atoms with E-state index in [1.54, 1.807) is 19.1 Å². The zero-order chi connectivity index (χ0) is 20.2. The molecule has 148 valence electrons. The summed E-state index contributed by atoms with van der Waals surface area (Å²) in [7, 11) is 0. The molecule has 7 heteroatoms. The first-order valence-electron chi connectivity index (χ1n) is 9.56. The van der Waals surface area contributed by atoms with Gasteiger partial charge >= 0.3 is 0 Å². The summed E-state index contributed by atoms with van der Waals surface area (Å²) in [6.07, 6.45) is 0. The van der Waals surface area contributed by atoms with Crippen molar-refractivity contribution in [2.24, 2.45) is 0 Å². The van der Waals surface area contributed by atoms with Crippen molar-refractivity contribution in [2.75, 3.05) is 36.4 Å². The van der Waals surface area contributed by atoms with Crippen LogP contribution in [0.4, 0.5) is 21.8 Å². The van der Waals surface area contributed by atoms with Crippen molar-refractivity contribution in [1.29, 1.82) is 0 Å². The van der Waals surface area contributed by atoms with Crippen LogP contribution in [0.3, 0.4) is 0 Å². The van der Waals surface area contributed by atoms with E-state index in [2.05, 4.69) is 15.2 Å². The van der Waals surface area contributed by atoms with Gasteiger partial charge in [0.2, 0.25) is 11.9 Å². The fraction of sp³-hybridized carbons (Fsp3) is 0.227. The summed E-state index contributed by atoms with van der Waals surface area (Å²) in [6, 6.07) is 18.0. The van der Waals surface area contributed by atoms with Crippen LogP contribution in [-0.4, -0.2) is 47.0 Å². The van der Waals surface area contributed by atoms with Crippen molar-refractivity contribution in [2.45, 2.75) is 6.92 Å². The molecule has 2 heterocycles. The van der Waals surface area contributed by atoms with Gasteiger partial charge in [-0.2, -0.15) is 4.98 Å². The molecular formula is C22H22FN5O. The van der Waals surface area contributed by atoms with E-state index in [4.69, 9.17) is 4.98 Å². The van der Waals surface area contributed by atoms with Crippen molar-refractivity contribution in [3.63, 3.8) is 0 Å². The first-order valence-corrected chi connectivity index (χ1v) is 9.56. The highest BCUT2D eigenvalue weighted by molar-refractivity contribution is 5.73. The van der Waals surface area contributed by atoms with Crippen LogP contribution in [0.1, 0.15) is 6.92 Å². The van der Waals surface area contributed by atoms with E-state index in [1.807, 2.05) is 41.3 Å². The lowest BCUT2D eigenvalue weighted by molar-refractivity contribution is -0.129. The van der Waals surface area contributed by atoms with Gasteiger partial charge in [0.05, 0.1) is 5.69 Å². The first-order chi connectivity index (χ1) is 14.1. The molecule has 0 atom stereocenters. The number of piperazine rings is 1. The molecule has 1 aliphatic heterocycles. The lowest BCUT2D eigenvalue weighted by Gasteiger charge is -2.34. The van der Waals surface area contributed by atoms with Gasteiger partial charge in [0, 0.05) is 50.4 Å². The number of nitrogens with one attached hydrogen (secondary N) is 1. The second kappa shape index (κ2) is 8.26. The quantitative estimate of drug-likeness (QED) is 0.735. The van der Waals surface area contributed by atoms with Crippen LogP contribution in [0.5, 0.6) is 0 Å². The van der Waals surface area contributed by atoms with E-state index in [9.17, 15) is 9.18 Å². The van der Waals surface area contributed by atoms with Crippen LogP contribution in [0, 0.1) is 5.82 Å². The Labute approximate surface area is 169 Å². The number of carbonyl (C=O) groups is 1. The highest BCUT2D eigenvalue weighted by Gasteiger charge is 2.21. The largest absolute Gasteiger partial charge is 0.340 e. The molecule has 0 saturated carbocycles. The lowest BCUT2D eigenvalue weighted by Crippen LogP contribution is -2.48. The second-order valence-corrected chi connectivity index (χ2v) is 6.93. The monoisotopic (exact) mass is 391 g/mol. The van der Waals surface area contributed by atoms with E-state index in [0.717, 1.165) is 11.3 Å². The van der Waals surface area contributed by atoms with Gasteiger partial charge in [0.25, 0.3) is 0 Å². The highest BCUT2D eigenvalue weighted by atomic mass is 19.1. The number of carbonyl (C=O) groups excluding carboxylic acids is 1. The van der Waals surface area contributed by atoms with E-state index >= 15 is 0 Å². The summed E-state index contributed by atoms with van der Waals surface area (Å²) in [5.41, 5.74) is 2.37. The molecule has 6 nitrogen and oxygen atoms in total. The molecule has 0 radical (unpaired) electrons. The number of benzene rings is 2. The van der Waals surface area contributed by atoms with Crippen molar-refractivity contribution in [1.82, 2.24) is 14.9 Å². The standard InChI is InChI=1S/C22H22FN5O/c1-16(29)27-10-12-28(13-11-27)22-25-20(17-6-3-2-4-7-17)15-21(26-22)24-19-9-5-8-18(23)14-19/h2-9,14-15H,10-13H2,1H3,(H,24,25,26). The Bertz CT molecular complexity index is 1000. The molecule has 1 saturated heterocycles. The van der Waals surface area contributed by atoms with E-state index in [0.29, 0.717) is 43.6 Å². The maximum absolute atomic E-state index is 13.6. The number of hydrogen-bond donors (Lipinski definition) is 1. The summed E-state index contributed by atoms with van der Waals surface area (Å²) in [4.78, 5) is 24.9. The lowest BCUT2D eigenvalue weighted by atomic mass is 10.1. The van der Waals surface area contributed by atoms with Gasteiger partial charge in [-0.1, -0.05) is 36.4 Å². The average molecular weight is 391 g/mol. The number of hydrogen-bond acceptors (Lipinski definition) is 5. The third kappa shape index (κ3) is 4.51. The molecule has 1 N–H and O–H groups in total. The molecule has 3 aromatic rings. The van der Waals surface area contributed by atoms with Crippen LogP contribution in [0.15, 0.2) is 60.7 Å². The number of anilines is 3. The van der Waals surface area contributed by atoms with Crippen molar-refractivity contribution < 1.29 is 9.18 Å². The predicted octanol–water partition coefficient (Wildman–Crippen LogP) is 3.69. The van der Waals surface area contributed by atoms with Gasteiger partial charge < -0.3 is 15.1 Å². The molecule has 1 aromatic heterocycles. The van der Waals surface area contributed by atoms with E-state index in [-0.39, 0.29) is 11.7 Å². The molecule has 1 fully saturated rings. The molecule has 0 aliphatic carbocycles. The number of aromatic nitrogens is 2. The van der Waals surface area contributed by atoms with E-state index in [1.165, 1.54) is 12.1 Å². The number of amides is 1. The van der Waals surface area contributed by atoms with E-state index < -0.39 is 0 Å².